The molecule has 0 unspecified atom stereocenters. The van der Waals surface area contributed by atoms with Gasteiger partial charge in [-0.2, -0.15) is 0 Å². The highest BCUT2D eigenvalue weighted by atomic mass is 32.1. The second-order valence-corrected chi connectivity index (χ2v) is 6.64. The summed E-state index contributed by atoms with van der Waals surface area (Å²) in [6.07, 6.45) is 2.59. The van der Waals surface area contributed by atoms with Crippen LogP contribution in [0.5, 0.6) is 11.5 Å². The van der Waals surface area contributed by atoms with Gasteiger partial charge in [-0.05, 0) is 54.9 Å². The molecule has 0 atom stereocenters. The van der Waals surface area contributed by atoms with Crippen LogP contribution in [0.4, 0.5) is 11.4 Å². The number of fused-ring (bicyclic) bond motifs is 1. The molecular formula is C19H21N3O2S. The molecule has 1 saturated heterocycles. The zero-order valence-electron chi connectivity index (χ0n) is 14.0. The number of benzene rings is 2. The van der Waals surface area contributed by atoms with Crippen LogP contribution in [0.3, 0.4) is 0 Å². The van der Waals surface area contributed by atoms with Gasteiger partial charge in [0.1, 0.15) is 0 Å². The van der Waals surface area contributed by atoms with Crippen LogP contribution in [-0.4, -0.2) is 25.0 Å². The molecule has 0 aromatic heterocycles. The number of nitrogens with zero attached hydrogens (tertiary/aromatic N) is 1. The SMILES string of the molecule is S=C(NCc1ccc(N2CCCC2)cc1)Nc1ccc2c(c1)OCO2. The van der Waals surface area contributed by atoms with Crippen molar-refractivity contribution >= 4 is 28.7 Å². The number of thiocarbonyl (C=S) groups is 1. The van der Waals surface area contributed by atoms with Gasteiger partial charge in [-0.15, -0.1) is 0 Å². The number of nitrogens with one attached hydrogen (secondary N) is 2. The molecule has 2 N–H and O–H groups in total. The van der Waals surface area contributed by atoms with Crippen LogP contribution in [0.15, 0.2) is 42.5 Å². The van der Waals surface area contributed by atoms with Crippen molar-refractivity contribution < 1.29 is 9.47 Å². The fourth-order valence-electron chi connectivity index (χ4n) is 3.13. The average Bonchev–Trinajstić information content (AvgIpc) is 3.32. The van der Waals surface area contributed by atoms with Crippen molar-refractivity contribution in [2.45, 2.75) is 19.4 Å². The van der Waals surface area contributed by atoms with Crippen LogP contribution in [0.1, 0.15) is 18.4 Å². The molecule has 2 heterocycles. The minimum atomic E-state index is 0.273. The molecule has 2 aliphatic rings. The monoisotopic (exact) mass is 355 g/mol. The minimum absolute atomic E-state index is 0.273. The Kier molecular flexibility index (Phi) is 4.61. The van der Waals surface area contributed by atoms with E-state index < -0.39 is 0 Å². The van der Waals surface area contributed by atoms with Crippen LogP contribution in [0.2, 0.25) is 0 Å². The lowest BCUT2D eigenvalue weighted by Crippen LogP contribution is -2.27. The fraction of sp³-hybridized carbons (Fsp3) is 0.316. The van der Waals surface area contributed by atoms with Crippen LogP contribution >= 0.6 is 12.2 Å². The lowest BCUT2D eigenvalue weighted by atomic mass is 10.2. The highest BCUT2D eigenvalue weighted by molar-refractivity contribution is 7.80. The maximum absolute atomic E-state index is 5.37. The number of hydrogen-bond donors (Lipinski definition) is 2. The molecule has 0 amide bonds. The van der Waals surface area contributed by atoms with E-state index >= 15 is 0 Å². The number of rotatable bonds is 4. The predicted octanol–water partition coefficient (Wildman–Crippen LogP) is 3.50. The van der Waals surface area contributed by atoms with Crippen LogP contribution in [0.25, 0.3) is 0 Å². The molecule has 0 bridgehead atoms. The molecule has 0 spiro atoms. The van der Waals surface area contributed by atoms with Crippen LogP contribution < -0.4 is 25.0 Å². The van der Waals surface area contributed by atoms with Crippen molar-refractivity contribution in [2.75, 3.05) is 30.1 Å². The van der Waals surface area contributed by atoms with Crippen molar-refractivity contribution in [1.29, 1.82) is 0 Å². The quantitative estimate of drug-likeness (QED) is 0.819. The minimum Gasteiger partial charge on any atom is -0.454 e. The number of anilines is 2. The molecule has 1 fully saturated rings. The highest BCUT2D eigenvalue weighted by Crippen LogP contribution is 2.34. The van der Waals surface area contributed by atoms with E-state index in [2.05, 4.69) is 39.8 Å². The molecule has 2 aromatic rings. The molecule has 4 rings (SSSR count). The van der Waals surface area contributed by atoms with E-state index in [1.165, 1.54) is 37.2 Å². The molecule has 0 saturated carbocycles. The van der Waals surface area contributed by atoms with Crippen molar-refractivity contribution in [1.82, 2.24) is 5.32 Å². The van der Waals surface area contributed by atoms with Crippen LogP contribution in [-0.2, 0) is 6.54 Å². The van der Waals surface area contributed by atoms with Gasteiger partial charge in [0.2, 0.25) is 6.79 Å². The Hall–Kier alpha value is -2.47. The Morgan fingerprint density at radius 2 is 1.76 bits per heavy atom. The van der Waals surface area contributed by atoms with Gasteiger partial charge in [-0.25, -0.2) is 0 Å². The number of ether oxygens (including phenoxy) is 2. The second-order valence-electron chi connectivity index (χ2n) is 6.24. The Morgan fingerprint density at radius 3 is 2.56 bits per heavy atom. The molecule has 0 radical (unpaired) electrons. The van der Waals surface area contributed by atoms with Crippen molar-refractivity contribution in [3.05, 3.63) is 48.0 Å². The summed E-state index contributed by atoms with van der Waals surface area (Å²) in [5.74, 6) is 1.51. The molecule has 5 nitrogen and oxygen atoms in total. The van der Waals surface area contributed by atoms with E-state index in [9.17, 15) is 0 Å². The first kappa shape index (κ1) is 16.0. The van der Waals surface area contributed by atoms with Gasteiger partial charge < -0.3 is 25.0 Å². The zero-order valence-corrected chi connectivity index (χ0v) is 14.8. The van der Waals surface area contributed by atoms with Gasteiger partial charge in [0.15, 0.2) is 16.6 Å². The highest BCUT2D eigenvalue weighted by Gasteiger charge is 2.14. The Balaban J connectivity index is 1.29. The van der Waals surface area contributed by atoms with Crippen molar-refractivity contribution in [2.24, 2.45) is 0 Å². The summed E-state index contributed by atoms with van der Waals surface area (Å²) in [7, 11) is 0. The summed E-state index contributed by atoms with van der Waals surface area (Å²) in [5, 5.41) is 7.00. The van der Waals surface area contributed by atoms with E-state index in [0.29, 0.717) is 11.7 Å². The van der Waals surface area contributed by atoms with Gasteiger partial charge in [0.25, 0.3) is 0 Å². The topological polar surface area (TPSA) is 45.8 Å². The first-order chi connectivity index (χ1) is 12.3. The van der Waals surface area contributed by atoms with Gasteiger partial charge in [-0.1, -0.05) is 12.1 Å². The van der Waals surface area contributed by atoms with Gasteiger partial charge in [0.05, 0.1) is 0 Å². The third kappa shape index (κ3) is 3.79. The van der Waals surface area contributed by atoms with E-state index in [1.807, 2.05) is 18.2 Å². The summed E-state index contributed by atoms with van der Waals surface area (Å²) < 4.78 is 10.7. The third-order valence-electron chi connectivity index (χ3n) is 4.49. The maximum Gasteiger partial charge on any atom is 0.231 e. The second kappa shape index (κ2) is 7.19. The van der Waals surface area contributed by atoms with E-state index in [-0.39, 0.29) is 6.79 Å². The normalized spacial score (nSPS) is 15.3. The Bertz CT molecular complexity index is 758. The van der Waals surface area contributed by atoms with E-state index in [1.54, 1.807) is 0 Å². The van der Waals surface area contributed by atoms with Crippen LogP contribution in [0, 0.1) is 0 Å². The molecular weight excluding hydrogens is 334 g/mol. The lowest BCUT2D eigenvalue weighted by Gasteiger charge is -2.18. The zero-order chi connectivity index (χ0) is 17.1. The van der Waals surface area contributed by atoms with Crippen molar-refractivity contribution in [3.63, 3.8) is 0 Å². The Morgan fingerprint density at radius 1 is 1.00 bits per heavy atom. The predicted molar refractivity (Wildman–Crippen MR) is 104 cm³/mol. The first-order valence-corrected chi connectivity index (χ1v) is 8.97. The third-order valence-corrected chi connectivity index (χ3v) is 4.74. The molecule has 130 valence electrons. The first-order valence-electron chi connectivity index (χ1n) is 8.56. The molecule has 0 aliphatic carbocycles. The lowest BCUT2D eigenvalue weighted by molar-refractivity contribution is 0.174. The summed E-state index contributed by atoms with van der Waals surface area (Å²) in [6, 6.07) is 14.4. The summed E-state index contributed by atoms with van der Waals surface area (Å²) in [6.45, 7) is 3.30. The van der Waals surface area contributed by atoms with Crippen molar-refractivity contribution in [3.8, 4) is 11.5 Å². The fourth-order valence-corrected chi connectivity index (χ4v) is 3.32. The Labute approximate surface area is 152 Å². The summed E-state index contributed by atoms with van der Waals surface area (Å²) >= 11 is 5.37. The maximum atomic E-state index is 5.37. The molecule has 2 aromatic carbocycles. The van der Waals surface area contributed by atoms with Gasteiger partial charge >= 0.3 is 0 Å². The largest absolute Gasteiger partial charge is 0.454 e. The average molecular weight is 355 g/mol. The van der Waals surface area contributed by atoms with Gasteiger partial charge in [0, 0.05) is 37.1 Å². The standard InChI is InChI=1S/C19H21N3O2S/c25-19(21-15-5-8-17-18(11-15)24-13-23-17)20-12-14-3-6-16(7-4-14)22-9-1-2-10-22/h3-8,11H,1-2,9-10,12-13H2,(H2,20,21,25). The summed E-state index contributed by atoms with van der Waals surface area (Å²) in [5.41, 5.74) is 3.39. The summed E-state index contributed by atoms with van der Waals surface area (Å²) in [4.78, 5) is 2.43. The molecule has 25 heavy (non-hydrogen) atoms. The van der Waals surface area contributed by atoms with E-state index in [0.717, 1.165) is 17.2 Å². The molecule has 6 heteroatoms. The molecule has 2 aliphatic heterocycles. The van der Waals surface area contributed by atoms with Gasteiger partial charge in [-0.3, -0.25) is 0 Å². The smallest absolute Gasteiger partial charge is 0.231 e. The van der Waals surface area contributed by atoms with E-state index in [4.69, 9.17) is 21.7 Å². The number of hydrogen-bond acceptors (Lipinski definition) is 4.